The smallest absolute Gasteiger partial charge is 0.189 e. The highest BCUT2D eigenvalue weighted by Gasteiger charge is 2.28. The number of pyridine rings is 1. The van der Waals surface area contributed by atoms with E-state index in [9.17, 15) is 4.79 Å². The normalized spacial score (nSPS) is 14.8. The van der Waals surface area contributed by atoms with Crippen LogP contribution in [0.25, 0.3) is 0 Å². The van der Waals surface area contributed by atoms with Crippen LogP contribution in [-0.2, 0) is 6.42 Å². The molecule has 1 aliphatic carbocycles. The van der Waals surface area contributed by atoms with Gasteiger partial charge in [0.2, 0.25) is 0 Å². The van der Waals surface area contributed by atoms with E-state index in [4.69, 9.17) is 4.52 Å². The van der Waals surface area contributed by atoms with E-state index in [1.165, 1.54) is 0 Å². The van der Waals surface area contributed by atoms with Gasteiger partial charge in [-0.3, -0.25) is 9.78 Å². The summed E-state index contributed by atoms with van der Waals surface area (Å²) in [5.41, 5.74) is 1.38. The van der Waals surface area contributed by atoms with E-state index in [0.29, 0.717) is 18.0 Å². The van der Waals surface area contributed by atoms with Gasteiger partial charge in [0.1, 0.15) is 11.5 Å². The molecule has 0 aromatic carbocycles. The maximum atomic E-state index is 11.9. The molecule has 0 N–H and O–H groups in total. The minimum atomic E-state index is -0.00755. The first-order chi connectivity index (χ1) is 8.33. The van der Waals surface area contributed by atoms with Crippen LogP contribution in [0.4, 0.5) is 0 Å². The highest BCUT2D eigenvalue weighted by atomic mass is 16.5. The van der Waals surface area contributed by atoms with Crippen molar-refractivity contribution in [3.63, 3.8) is 0 Å². The van der Waals surface area contributed by atoms with Crippen molar-refractivity contribution < 1.29 is 9.32 Å². The average Bonchev–Trinajstić information content (AvgIpc) is 3.08. The van der Waals surface area contributed by atoms with Gasteiger partial charge in [-0.05, 0) is 30.5 Å². The molecule has 0 spiro atoms. The molecule has 0 bridgehead atoms. The van der Waals surface area contributed by atoms with E-state index in [1.807, 2.05) is 12.1 Å². The zero-order valence-corrected chi connectivity index (χ0v) is 9.30. The maximum Gasteiger partial charge on any atom is 0.189 e. The Morgan fingerprint density at radius 2 is 2.12 bits per heavy atom. The molecule has 17 heavy (non-hydrogen) atoms. The Kier molecular flexibility index (Phi) is 2.48. The molecule has 2 aromatic heterocycles. The molecule has 0 radical (unpaired) electrons. The molecule has 0 atom stereocenters. The van der Waals surface area contributed by atoms with Gasteiger partial charge in [-0.25, -0.2) is 0 Å². The standard InChI is InChI=1S/C13H12N2O2/c16-12(7-9-3-5-14-6-4-9)11-8-13(17-15-11)10-1-2-10/h3-6,8,10H,1-2,7H2. The molecule has 86 valence electrons. The van der Waals surface area contributed by atoms with Crippen LogP contribution in [-0.4, -0.2) is 15.9 Å². The number of ketones is 1. The number of hydrogen-bond acceptors (Lipinski definition) is 4. The molecular formula is C13H12N2O2. The first-order valence-electron chi connectivity index (χ1n) is 5.71. The second-order valence-electron chi connectivity index (χ2n) is 4.34. The van der Waals surface area contributed by atoms with E-state index in [-0.39, 0.29) is 5.78 Å². The minimum absolute atomic E-state index is 0.00755. The van der Waals surface area contributed by atoms with E-state index in [1.54, 1.807) is 18.5 Å². The van der Waals surface area contributed by atoms with Crippen molar-refractivity contribution in [2.75, 3.05) is 0 Å². The van der Waals surface area contributed by atoms with Crippen LogP contribution < -0.4 is 0 Å². The number of hydrogen-bond donors (Lipinski definition) is 0. The van der Waals surface area contributed by atoms with E-state index < -0.39 is 0 Å². The van der Waals surface area contributed by atoms with Gasteiger partial charge < -0.3 is 4.52 Å². The number of nitrogens with zero attached hydrogens (tertiary/aromatic N) is 2. The molecule has 4 nitrogen and oxygen atoms in total. The lowest BCUT2D eigenvalue weighted by Crippen LogP contribution is -2.03. The Hall–Kier alpha value is -1.97. The molecule has 1 aliphatic rings. The summed E-state index contributed by atoms with van der Waals surface area (Å²) in [4.78, 5) is 15.8. The summed E-state index contributed by atoms with van der Waals surface area (Å²) >= 11 is 0. The largest absolute Gasteiger partial charge is 0.360 e. The minimum Gasteiger partial charge on any atom is -0.360 e. The summed E-state index contributed by atoms with van der Waals surface area (Å²) in [5, 5.41) is 3.83. The summed E-state index contributed by atoms with van der Waals surface area (Å²) < 4.78 is 5.16. The van der Waals surface area contributed by atoms with Crippen molar-refractivity contribution in [2.24, 2.45) is 0 Å². The predicted molar refractivity (Wildman–Crippen MR) is 60.7 cm³/mol. The highest BCUT2D eigenvalue weighted by molar-refractivity contribution is 5.95. The third-order valence-corrected chi connectivity index (χ3v) is 2.91. The fourth-order valence-corrected chi connectivity index (χ4v) is 1.76. The monoisotopic (exact) mass is 228 g/mol. The van der Waals surface area contributed by atoms with Gasteiger partial charge in [0, 0.05) is 30.8 Å². The number of carbonyl (C=O) groups is 1. The van der Waals surface area contributed by atoms with Crippen LogP contribution in [0.1, 0.15) is 40.6 Å². The molecule has 3 rings (SSSR count). The van der Waals surface area contributed by atoms with Crippen molar-refractivity contribution in [1.29, 1.82) is 0 Å². The molecule has 0 saturated heterocycles. The molecule has 4 heteroatoms. The summed E-state index contributed by atoms with van der Waals surface area (Å²) in [6.45, 7) is 0. The van der Waals surface area contributed by atoms with Crippen LogP contribution in [0.5, 0.6) is 0 Å². The van der Waals surface area contributed by atoms with Gasteiger partial charge >= 0.3 is 0 Å². The van der Waals surface area contributed by atoms with Gasteiger partial charge in [0.05, 0.1) is 0 Å². The van der Waals surface area contributed by atoms with Crippen molar-refractivity contribution >= 4 is 5.78 Å². The van der Waals surface area contributed by atoms with Gasteiger partial charge in [-0.2, -0.15) is 0 Å². The molecule has 0 unspecified atom stereocenters. The van der Waals surface area contributed by atoms with Crippen LogP contribution in [0.3, 0.4) is 0 Å². The number of rotatable bonds is 4. The van der Waals surface area contributed by atoms with Gasteiger partial charge in [-0.1, -0.05) is 5.16 Å². The Bertz CT molecular complexity index is 529. The van der Waals surface area contributed by atoms with Crippen LogP contribution in [0.2, 0.25) is 0 Å². The zero-order valence-electron chi connectivity index (χ0n) is 9.30. The Balaban J connectivity index is 1.72. The second kappa shape index (κ2) is 4.13. The Labute approximate surface area is 98.7 Å². The maximum absolute atomic E-state index is 11.9. The molecule has 1 saturated carbocycles. The summed E-state index contributed by atoms with van der Waals surface area (Å²) in [7, 11) is 0. The lowest BCUT2D eigenvalue weighted by molar-refractivity contribution is 0.0984. The zero-order chi connectivity index (χ0) is 11.7. The predicted octanol–water partition coefficient (Wildman–Crippen LogP) is 2.37. The number of carbonyl (C=O) groups excluding carboxylic acids is 1. The second-order valence-corrected chi connectivity index (χ2v) is 4.34. The molecule has 0 amide bonds. The third kappa shape index (κ3) is 2.25. The van der Waals surface area contributed by atoms with Crippen molar-refractivity contribution in [3.8, 4) is 0 Å². The fourth-order valence-electron chi connectivity index (χ4n) is 1.76. The van der Waals surface area contributed by atoms with Gasteiger partial charge in [0.15, 0.2) is 5.78 Å². The summed E-state index contributed by atoms with van der Waals surface area (Å²) in [6.07, 6.45) is 6.00. The topological polar surface area (TPSA) is 56.0 Å². The fraction of sp³-hybridized carbons (Fsp3) is 0.308. The van der Waals surface area contributed by atoms with E-state index in [0.717, 1.165) is 24.2 Å². The Morgan fingerprint density at radius 1 is 1.35 bits per heavy atom. The van der Waals surface area contributed by atoms with Crippen LogP contribution >= 0.6 is 0 Å². The Morgan fingerprint density at radius 3 is 2.82 bits per heavy atom. The van der Waals surface area contributed by atoms with Gasteiger partial charge in [0.25, 0.3) is 0 Å². The average molecular weight is 228 g/mol. The lowest BCUT2D eigenvalue weighted by Gasteiger charge is -1.96. The van der Waals surface area contributed by atoms with Crippen LogP contribution in [0.15, 0.2) is 35.1 Å². The third-order valence-electron chi connectivity index (χ3n) is 2.91. The lowest BCUT2D eigenvalue weighted by atomic mass is 10.1. The molecule has 2 heterocycles. The van der Waals surface area contributed by atoms with Crippen molar-refractivity contribution in [1.82, 2.24) is 10.1 Å². The molecular weight excluding hydrogens is 216 g/mol. The SMILES string of the molecule is O=C(Cc1ccncc1)c1cc(C2CC2)on1. The molecule has 1 fully saturated rings. The van der Waals surface area contributed by atoms with Crippen LogP contribution in [0, 0.1) is 0 Å². The van der Waals surface area contributed by atoms with E-state index in [2.05, 4.69) is 10.1 Å². The van der Waals surface area contributed by atoms with Crippen molar-refractivity contribution in [3.05, 3.63) is 47.6 Å². The quantitative estimate of drug-likeness (QED) is 0.754. The molecule has 2 aromatic rings. The number of Topliss-reactive ketones (excluding diaryl/α,β-unsaturated/α-hetero) is 1. The first-order valence-corrected chi connectivity index (χ1v) is 5.71. The van der Waals surface area contributed by atoms with Gasteiger partial charge in [-0.15, -0.1) is 0 Å². The summed E-state index contributed by atoms with van der Waals surface area (Å²) in [6, 6.07) is 5.45. The van der Waals surface area contributed by atoms with Crippen molar-refractivity contribution in [2.45, 2.75) is 25.2 Å². The first kappa shape index (κ1) is 10.2. The number of aromatic nitrogens is 2. The van der Waals surface area contributed by atoms with E-state index >= 15 is 0 Å². The molecule has 0 aliphatic heterocycles. The highest BCUT2D eigenvalue weighted by Crippen LogP contribution is 2.40. The summed E-state index contributed by atoms with van der Waals surface area (Å²) in [5.74, 6) is 1.33.